The van der Waals surface area contributed by atoms with E-state index in [0.29, 0.717) is 12.4 Å². The van der Waals surface area contributed by atoms with Gasteiger partial charge in [-0.15, -0.1) is 0 Å². The third kappa shape index (κ3) is 3.68. The van der Waals surface area contributed by atoms with Crippen molar-refractivity contribution in [2.75, 3.05) is 11.6 Å². The number of nitrogens with one attached hydrogen (secondary N) is 1. The summed E-state index contributed by atoms with van der Waals surface area (Å²) in [6, 6.07) is 6.69. The van der Waals surface area contributed by atoms with Crippen LogP contribution < -0.4 is 5.32 Å². The van der Waals surface area contributed by atoms with E-state index in [1.165, 1.54) is 18.5 Å². The second-order valence-electron chi connectivity index (χ2n) is 4.10. The van der Waals surface area contributed by atoms with Gasteiger partial charge in [-0.25, -0.2) is 14.4 Å². The molecular formula is C14H13FN4S. The molecule has 0 amide bonds. The van der Waals surface area contributed by atoms with Crippen LogP contribution in [0.5, 0.6) is 0 Å². The maximum atomic E-state index is 13.2. The third-order valence-electron chi connectivity index (χ3n) is 2.69. The molecule has 0 unspecified atom stereocenters. The minimum Gasteiger partial charge on any atom is -0.365 e. The molecule has 1 N–H and O–H groups in total. The van der Waals surface area contributed by atoms with Gasteiger partial charge in [0.15, 0.2) is 5.69 Å². The average molecular weight is 288 g/mol. The van der Waals surface area contributed by atoms with Gasteiger partial charge in [0.2, 0.25) is 0 Å². The van der Waals surface area contributed by atoms with Crippen LogP contribution in [0, 0.1) is 17.1 Å². The van der Waals surface area contributed by atoms with E-state index >= 15 is 0 Å². The fourth-order valence-corrected chi connectivity index (χ4v) is 2.30. The highest BCUT2D eigenvalue weighted by molar-refractivity contribution is 7.97. The molecule has 0 saturated heterocycles. The molecule has 0 bridgehead atoms. The molecule has 1 aromatic carbocycles. The maximum Gasteiger partial charge on any atom is 0.158 e. The molecule has 0 radical (unpaired) electrons. The molecular weight excluding hydrogens is 275 g/mol. The summed E-state index contributed by atoms with van der Waals surface area (Å²) < 4.78 is 13.2. The average Bonchev–Trinajstić information content (AvgIpc) is 2.47. The zero-order valence-electron chi connectivity index (χ0n) is 10.9. The van der Waals surface area contributed by atoms with Gasteiger partial charge >= 0.3 is 0 Å². The van der Waals surface area contributed by atoms with E-state index < -0.39 is 0 Å². The number of hydrogen-bond donors (Lipinski definition) is 1. The molecule has 1 aromatic heterocycles. The summed E-state index contributed by atoms with van der Waals surface area (Å²) in [4.78, 5) is 8.01. The van der Waals surface area contributed by atoms with Crippen molar-refractivity contribution < 1.29 is 4.39 Å². The molecule has 20 heavy (non-hydrogen) atoms. The van der Waals surface area contributed by atoms with Crippen LogP contribution in [0.15, 0.2) is 30.6 Å². The summed E-state index contributed by atoms with van der Waals surface area (Å²) in [6.45, 7) is 0.538. The lowest BCUT2D eigenvalue weighted by Gasteiger charge is -2.10. The molecule has 0 aliphatic rings. The van der Waals surface area contributed by atoms with Crippen LogP contribution in [0.25, 0.3) is 0 Å². The number of halogens is 1. The molecule has 1 heterocycles. The highest BCUT2D eigenvalue weighted by atomic mass is 32.2. The van der Waals surface area contributed by atoms with Crippen LogP contribution >= 0.6 is 11.8 Å². The highest BCUT2D eigenvalue weighted by Gasteiger charge is 2.04. The van der Waals surface area contributed by atoms with Crippen LogP contribution in [0.1, 0.15) is 16.8 Å². The summed E-state index contributed by atoms with van der Waals surface area (Å²) in [6.07, 6.45) is 4.90. The number of thioether (sulfide) groups is 1. The molecule has 102 valence electrons. The van der Waals surface area contributed by atoms with Crippen molar-refractivity contribution in [3.8, 4) is 6.07 Å². The predicted molar refractivity (Wildman–Crippen MR) is 77.7 cm³/mol. The smallest absolute Gasteiger partial charge is 0.158 e. The second kappa shape index (κ2) is 6.87. The first kappa shape index (κ1) is 14.3. The van der Waals surface area contributed by atoms with Gasteiger partial charge < -0.3 is 5.32 Å². The van der Waals surface area contributed by atoms with Crippen LogP contribution in [-0.2, 0) is 12.3 Å². The van der Waals surface area contributed by atoms with Gasteiger partial charge in [0, 0.05) is 12.3 Å². The maximum absolute atomic E-state index is 13.2. The van der Waals surface area contributed by atoms with E-state index in [4.69, 9.17) is 5.26 Å². The molecule has 2 aromatic rings. The molecule has 0 atom stereocenters. The van der Waals surface area contributed by atoms with E-state index in [2.05, 4.69) is 15.3 Å². The zero-order valence-corrected chi connectivity index (χ0v) is 11.7. The second-order valence-corrected chi connectivity index (χ2v) is 4.96. The molecule has 0 spiro atoms. The quantitative estimate of drug-likeness (QED) is 0.916. The van der Waals surface area contributed by atoms with Crippen LogP contribution in [-0.4, -0.2) is 16.2 Å². The molecule has 0 fully saturated rings. The van der Waals surface area contributed by atoms with Crippen molar-refractivity contribution in [3.05, 3.63) is 53.2 Å². The van der Waals surface area contributed by atoms with Crippen molar-refractivity contribution >= 4 is 17.6 Å². The van der Waals surface area contributed by atoms with Gasteiger partial charge in [-0.05, 0) is 29.5 Å². The van der Waals surface area contributed by atoms with Crippen LogP contribution in [0.2, 0.25) is 0 Å². The number of rotatable bonds is 5. The number of hydrogen-bond acceptors (Lipinski definition) is 5. The number of anilines is 1. The SMILES string of the molecule is CSCc1cc(F)ccc1CNc1cnc(C#N)cn1. The number of aromatic nitrogens is 2. The minimum absolute atomic E-state index is 0.226. The van der Waals surface area contributed by atoms with E-state index in [1.54, 1.807) is 23.9 Å². The van der Waals surface area contributed by atoms with Gasteiger partial charge in [0.05, 0.1) is 12.4 Å². The van der Waals surface area contributed by atoms with E-state index in [-0.39, 0.29) is 11.5 Å². The van der Waals surface area contributed by atoms with Crippen molar-refractivity contribution in [1.29, 1.82) is 5.26 Å². The Balaban J connectivity index is 2.08. The fraction of sp³-hybridized carbons (Fsp3) is 0.214. The van der Waals surface area contributed by atoms with Crippen molar-refractivity contribution in [1.82, 2.24) is 9.97 Å². The molecule has 0 aliphatic carbocycles. The van der Waals surface area contributed by atoms with Gasteiger partial charge in [0.25, 0.3) is 0 Å². The lowest BCUT2D eigenvalue weighted by Crippen LogP contribution is -2.05. The van der Waals surface area contributed by atoms with Crippen LogP contribution in [0.3, 0.4) is 0 Å². The van der Waals surface area contributed by atoms with Gasteiger partial charge in [-0.2, -0.15) is 17.0 Å². The van der Waals surface area contributed by atoms with E-state index in [9.17, 15) is 4.39 Å². The normalized spacial score (nSPS) is 10.1. The number of benzene rings is 1. The Bertz CT molecular complexity index is 622. The highest BCUT2D eigenvalue weighted by Crippen LogP contribution is 2.17. The molecule has 2 rings (SSSR count). The van der Waals surface area contributed by atoms with E-state index in [0.717, 1.165) is 16.9 Å². The zero-order chi connectivity index (χ0) is 14.4. The Kier molecular flexibility index (Phi) is 4.91. The van der Waals surface area contributed by atoms with Gasteiger partial charge in [0.1, 0.15) is 17.7 Å². The van der Waals surface area contributed by atoms with Crippen LogP contribution in [0.4, 0.5) is 10.2 Å². The Morgan fingerprint density at radius 3 is 2.80 bits per heavy atom. The third-order valence-corrected chi connectivity index (χ3v) is 3.29. The monoisotopic (exact) mass is 288 g/mol. The minimum atomic E-state index is -0.226. The first-order valence-corrected chi connectivity index (χ1v) is 7.34. The fourth-order valence-electron chi connectivity index (χ4n) is 1.72. The Labute approximate surface area is 121 Å². The molecule has 6 heteroatoms. The lowest BCUT2D eigenvalue weighted by molar-refractivity contribution is 0.625. The van der Waals surface area contributed by atoms with E-state index in [1.807, 2.05) is 12.3 Å². The Morgan fingerprint density at radius 1 is 1.30 bits per heavy atom. The summed E-state index contributed by atoms with van der Waals surface area (Å²) >= 11 is 1.65. The summed E-state index contributed by atoms with van der Waals surface area (Å²) in [7, 11) is 0. The number of nitriles is 1. The van der Waals surface area contributed by atoms with Crippen molar-refractivity contribution in [3.63, 3.8) is 0 Å². The first-order chi connectivity index (χ1) is 9.72. The van der Waals surface area contributed by atoms with Crippen molar-refractivity contribution in [2.24, 2.45) is 0 Å². The van der Waals surface area contributed by atoms with Gasteiger partial charge in [-0.3, -0.25) is 0 Å². The summed E-state index contributed by atoms with van der Waals surface area (Å²) in [5, 5.41) is 11.8. The largest absolute Gasteiger partial charge is 0.365 e. The number of nitrogens with zero attached hydrogens (tertiary/aromatic N) is 3. The predicted octanol–water partition coefficient (Wildman–Crippen LogP) is 2.96. The first-order valence-electron chi connectivity index (χ1n) is 5.95. The van der Waals surface area contributed by atoms with Gasteiger partial charge in [-0.1, -0.05) is 6.07 Å². The summed E-state index contributed by atoms with van der Waals surface area (Å²) in [5.74, 6) is 1.12. The topological polar surface area (TPSA) is 61.6 Å². The van der Waals surface area contributed by atoms with Crippen molar-refractivity contribution in [2.45, 2.75) is 12.3 Å². The molecule has 4 nitrogen and oxygen atoms in total. The molecule has 0 aliphatic heterocycles. The standard InChI is InChI=1S/C14H13FN4S/c1-20-9-11-4-12(15)3-2-10(11)6-18-14-8-17-13(5-16)7-19-14/h2-4,7-8H,6,9H2,1H3,(H,18,19). The summed E-state index contributed by atoms with van der Waals surface area (Å²) in [5.41, 5.74) is 2.26. The lowest BCUT2D eigenvalue weighted by atomic mass is 10.1. The Morgan fingerprint density at radius 2 is 2.15 bits per heavy atom. The Hall–Kier alpha value is -2.13. The molecule has 0 saturated carbocycles.